The highest BCUT2D eigenvalue weighted by molar-refractivity contribution is 7.89. The summed E-state index contributed by atoms with van der Waals surface area (Å²) in [5.41, 5.74) is 1.91. The fraction of sp³-hybridized carbons (Fsp3) is 0.529. The van der Waals surface area contributed by atoms with Crippen molar-refractivity contribution in [1.29, 1.82) is 0 Å². The summed E-state index contributed by atoms with van der Waals surface area (Å²) in [5, 5.41) is 0. The van der Waals surface area contributed by atoms with Crippen LogP contribution in [0.15, 0.2) is 40.9 Å². The molecule has 0 bridgehead atoms. The lowest BCUT2D eigenvalue weighted by molar-refractivity contribution is 0.0112. The molecule has 1 unspecified atom stereocenters. The third kappa shape index (κ3) is 3.52. The maximum absolute atomic E-state index is 13.0. The molecule has 4 nitrogen and oxygen atoms in total. The van der Waals surface area contributed by atoms with Gasteiger partial charge < -0.3 is 4.74 Å². The fourth-order valence-corrected chi connectivity index (χ4v) is 4.28. The monoisotopic (exact) mass is 323 g/mol. The van der Waals surface area contributed by atoms with Crippen LogP contribution in [0.5, 0.6) is 0 Å². The van der Waals surface area contributed by atoms with E-state index in [1.807, 2.05) is 32.1 Å². The molecule has 1 aliphatic heterocycles. The van der Waals surface area contributed by atoms with E-state index in [1.165, 1.54) is 4.31 Å². The van der Waals surface area contributed by atoms with Gasteiger partial charge in [-0.25, -0.2) is 12.7 Å². The maximum Gasteiger partial charge on any atom is 0.266 e. The van der Waals surface area contributed by atoms with Crippen molar-refractivity contribution >= 4 is 10.0 Å². The third-order valence-electron chi connectivity index (χ3n) is 3.82. The molecule has 1 atom stereocenters. The number of ether oxygens (including phenoxy) is 1. The summed E-state index contributed by atoms with van der Waals surface area (Å²) in [6.45, 7) is 6.44. The number of nitrogens with zero attached hydrogens (tertiary/aromatic N) is 1. The van der Waals surface area contributed by atoms with Crippen molar-refractivity contribution in [3.63, 3.8) is 0 Å². The second-order valence-electron chi connectivity index (χ2n) is 5.56. The number of hydrogen-bond acceptors (Lipinski definition) is 3. The van der Waals surface area contributed by atoms with Crippen molar-refractivity contribution in [3.8, 4) is 0 Å². The summed E-state index contributed by atoms with van der Waals surface area (Å²) >= 11 is 0. The van der Waals surface area contributed by atoms with E-state index in [2.05, 4.69) is 6.92 Å². The second-order valence-corrected chi connectivity index (χ2v) is 7.37. The zero-order valence-electron chi connectivity index (χ0n) is 13.6. The molecular weight excluding hydrogens is 298 g/mol. The average Bonchev–Trinajstić information content (AvgIpc) is 2.89. The average molecular weight is 323 g/mol. The van der Waals surface area contributed by atoms with Crippen LogP contribution in [0.25, 0.3) is 0 Å². The van der Waals surface area contributed by atoms with Gasteiger partial charge >= 0.3 is 0 Å². The van der Waals surface area contributed by atoms with E-state index in [-0.39, 0.29) is 0 Å². The Bertz CT molecular complexity index is 620. The van der Waals surface area contributed by atoms with Crippen molar-refractivity contribution in [2.24, 2.45) is 0 Å². The van der Waals surface area contributed by atoms with Crippen LogP contribution >= 0.6 is 0 Å². The predicted octanol–water partition coefficient (Wildman–Crippen LogP) is 3.83. The first-order valence-electron chi connectivity index (χ1n) is 7.92. The van der Waals surface area contributed by atoms with E-state index in [1.54, 1.807) is 12.1 Å². The minimum atomic E-state index is -3.57. The molecule has 2 rings (SSSR count). The Morgan fingerprint density at radius 3 is 2.50 bits per heavy atom. The van der Waals surface area contributed by atoms with E-state index in [0.717, 1.165) is 30.5 Å². The number of sulfonamides is 1. The van der Waals surface area contributed by atoms with Crippen molar-refractivity contribution < 1.29 is 13.2 Å². The zero-order valence-corrected chi connectivity index (χ0v) is 14.4. The number of hydrogen-bond donors (Lipinski definition) is 0. The van der Waals surface area contributed by atoms with Gasteiger partial charge in [0.25, 0.3) is 10.0 Å². The summed E-state index contributed by atoms with van der Waals surface area (Å²) in [4.78, 5) is 0.326. The predicted molar refractivity (Wildman–Crippen MR) is 87.8 cm³/mol. The Kier molecular flexibility index (Phi) is 5.64. The third-order valence-corrected chi connectivity index (χ3v) is 5.68. The highest BCUT2D eigenvalue weighted by atomic mass is 32.2. The van der Waals surface area contributed by atoms with Gasteiger partial charge in [-0.05, 0) is 38.8 Å². The quantitative estimate of drug-likeness (QED) is 0.766. The highest BCUT2D eigenvalue weighted by Crippen LogP contribution is 2.33. The van der Waals surface area contributed by atoms with Gasteiger partial charge in [0, 0.05) is 18.7 Å². The Balaban J connectivity index is 2.34. The summed E-state index contributed by atoms with van der Waals surface area (Å²) in [6, 6.07) is 7.00. The highest BCUT2D eigenvalue weighted by Gasteiger charge is 2.36. The lowest BCUT2D eigenvalue weighted by Crippen LogP contribution is -2.37. The van der Waals surface area contributed by atoms with Crippen LogP contribution < -0.4 is 0 Å². The van der Waals surface area contributed by atoms with Gasteiger partial charge in [0.1, 0.15) is 6.23 Å². The normalized spacial score (nSPS) is 18.6. The summed E-state index contributed by atoms with van der Waals surface area (Å²) < 4.78 is 33.2. The van der Waals surface area contributed by atoms with E-state index in [0.29, 0.717) is 17.9 Å². The molecule has 0 spiro atoms. The number of rotatable bonds is 7. The zero-order chi connectivity index (χ0) is 16.2. The fourth-order valence-electron chi connectivity index (χ4n) is 2.64. The van der Waals surface area contributed by atoms with E-state index < -0.39 is 16.3 Å². The van der Waals surface area contributed by atoms with Gasteiger partial charge in [-0.1, -0.05) is 37.1 Å². The van der Waals surface area contributed by atoms with Crippen LogP contribution in [0.2, 0.25) is 0 Å². The van der Waals surface area contributed by atoms with Gasteiger partial charge in [0.15, 0.2) is 0 Å². The first-order valence-corrected chi connectivity index (χ1v) is 9.36. The molecular formula is C17H25NO3S. The Hall–Kier alpha value is -1.33. The number of aryl methyl sites for hydroxylation is 1. The number of unbranched alkanes of at least 4 members (excludes halogenated alkanes) is 1. The molecule has 22 heavy (non-hydrogen) atoms. The van der Waals surface area contributed by atoms with Crippen LogP contribution in [-0.2, 0) is 14.8 Å². The van der Waals surface area contributed by atoms with Crippen LogP contribution in [0.4, 0.5) is 0 Å². The molecule has 0 aromatic heterocycles. The van der Waals surface area contributed by atoms with E-state index >= 15 is 0 Å². The van der Waals surface area contributed by atoms with E-state index in [4.69, 9.17) is 4.74 Å². The smallest absolute Gasteiger partial charge is 0.266 e. The number of allylic oxidation sites excluding steroid dienone is 1. The first-order chi connectivity index (χ1) is 10.5. The van der Waals surface area contributed by atoms with Crippen LogP contribution in [-0.4, -0.2) is 25.6 Å². The Morgan fingerprint density at radius 2 is 1.91 bits per heavy atom. The molecule has 0 radical (unpaired) electrons. The molecule has 0 fully saturated rings. The Labute approximate surface area is 133 Å². The number of benzene rings is 1. The molecule has 1 heterocycles. The molecule has 1 aliphatic rings. The molecule has 5 heteroatoms. The van der Waals surface area contributed by atoms with E-state index in [9.17, 15) is 8.42 Å². The van der Waals surface area contributed by atoms with Crippen molar-refractivity contribution in [1.82, 2.24) is 4.31 Å². The van der Waals surface area contributed by atoms with Crippen LogP contribution in [0, 0.1) is 6.92 Å². The molecule has 1 aromatic rings. The van der Waals surface area contributed by atoms with Crippen LogP contribution in [0.3, 0.4) is 0 Å². The van der Waals surface area contributed by atoms with Crippen molar-refractivity contribution in [3.05, 3.63) is 41.6 Å². The van der Waals surface area contributed by atoms with Gasteiger partial charge in [-0.3, -0.25) is 0 Å². The van der Waals surface area contributed by atoms with Gasteiger partial charge in [-0.2, -0.15) is 0 Å². The van der Waals surface area contributed by atoms with Gasteiger partial charge in [0.05, 0.1) is 4.90 Å². The standard InChI is InChI=1S/C17H25NO3S/c1-4-6-7-15-10-13-17(21-5-2)18(15)22(19,20)16-11-8-14(3)9-12-16/h8-12,17H,4-7,13H2,1-3H3. The second kappa shape index (κ2) is 7.29. The van der Waals surface area contributed by atoms with Crippen molar-refractivity contribution in [2.45, 2.75) is 57.6 Å². The van der Waals surface area contributed by atoms with Crippen LogP contribution in [0.1, 0.15) is 45.1 Å². The molecule has 0 aliphatic carbocycles. The largest absolute Gasteiger partial charge is 0.357 e. The topological polar surface area (TPSA) is 46.6 Å². The molecule has 1 aromatic carbocycles. The lowest BCUT2D eigenvalue weighted by Gasteiger charge is -2.29. The lowest BCUT2D eigenvalue weighted by atomic mass is 10.2. The maximum atomic E-state index is 13.0. The van der Waals surface area contributed by atoms with Crippen molar-refractivity contribution in [2.75, 3.05) is 6.61 Å². The SMILES string of the molecule is CCCCC1=CCC(OCC)N1S(=O)(=O)c1ccc(C)cc1. The molecule has 0 saturated heterocycles. The Morgan fingerprint density at radius 1 is 1.23 bits per heavy atom. The van der Waals surface area contributed by atoms with Gasteiger partial charge in [0.2, 0.25) is 0 Å². The summed E-state index contributed by atoms with van der Waals surface area (Å²) in [5.74, 6) is 0. The molecule has 0 N–H and O–H groups in total. The summed E-state index contributed by atoms with van der Waals surface area (Å²) in [6.07, 6.45) is 4.99. The molecule has 0 saturated carbocycles. The molecule has 0 amide bonds. The first kappa shape index (κ1) is 17.0. The van der Waals surface area contributed by atoms with Gasteiger partial charge in [-0.15, -0.1) is 0 Å². The minimum Gasteiger partial charge on any atom is -0.357 e. The minimum absolute atomic E-state index is 0.326. The molecule has 122 valence electrons. The summed E-state index contributed by atoms with van der Waals surface area (Å²) in [7, 11) is -3.57.